The van der Waals surface area contributed by atoms with Crippen LogP contribution in [0.15, 0.2) is 24.3 Å². The van der Waals surface area contributed by atoms with Crippen LogP contribution in [0.25, 0.3) is 0 Å². The van der Waals surface area contributed by atoms with E-state index in [1.54, 1.807) is 32.0 Å². The molecule has 0 bridgehead atoms. The number of carbonyl (C=O) groups is 2. The van der Waals surface area contributed by atoms with E-state index < -0.39 is 5.97 Å². The van der Waals surface area contributed by atoms with Gasteiger partial charge in [0.05, 0.1) is 12.2 Å². The number of carbonyl (C=O) groups excluding carboxylic acids is 1. The Kier molecular flexibility index (Phi) is 6.63. The second-order valence-electron chi connectivity index (χ2n) is 2.67. The van der Waals surface area contributed by atoms with E-state index in [2.05, 4.69) is 4.74 Å². The van der Waals surface area contributed by atoms with Crippen molar-refractivity contribution in [3.63, 3.8) is 0 Å². The van der Waals surface area contributed by atoms with E-state index in [-0.39, 0.29) is 0 Å². The summed E-state index contributed by atoms with van der Waals surface area (Å²) in [4.78, 5) is 19.6. The second-order valence-corrected chi connectivity index (χ2v) is 2.67. The van der Waals surface area contributed by atoms with Crippen molar-refractivity contribution in [1.82, 2.24) is 0 Å². The van der Waals surface area contributed by atoms with Crippen LogP contribution in [0.3, 0.4) is 0 Å². The Morgan fingerprint density at radius 2 is 2.07 bits per heavy atom. The first kappa shape index (κ1) is 13.2. The van der Waals surface area contributed by atoms with Gasteiger partial charge < -0.3 is 9.84 Å². The summed E-state index contributed by atoms with van der Waals surface area (Å²) >= 11 is 0. The van der Waals surface area contributed by atoms with Gasteiger partial charge in [-0.05, 0) is 25.5 Å². The third kappa shape index (κ3) is 5.46. The maximum Gasteiger partial charge on any atom is 0.335 e. The maximum atomic E-state index is 10.4. The molecule has 0 aromatic heterocycles. The normalized spacial score (nSPS) is 8.40. The minimum absolute atomic E-state index is 0.377. The number of hydrogen-bond donors (Lipinski definition) is 1. The number of aryl methyl sites for hydroxylation is 1. The third-order valence-electron chi connectivity index (χ3n) is 1.61. The smallest absolute Gasteiger partial charge is 0.335 e. The van der Waals surface area contributed by atoms with Crippen molar-refractivity contribution in [3.8, 4) is 0 Å². The molecule has 0 unspecified atom stereocenters. The summed E-state index contributed by atoms with van der Waals surface area (Å²) in [7, 11) is 0. The van der Waals surface area contributed by atoms with Crippen molar-refractivity contribution >= 4 is 12.4 Å². The third-order valence-corrected chi connectivity index (χ3v) is 1.61. The molecule has 0 radical (unpaired) electrons. The number of ether oxygens (including phenoxy) is 1. The van der Waals surface area contributed by atoms with E-state index in [1.165, 1.54) is 0 Å². The van der Waals surface area contributed by atoms with Crippen molar-refractivity contribution in [1.29, 1.82) is 0 Å². The number of carboxylic acids is 1. The van der Waals surface area contributed by atoms with Crippen LogP contribution in [0, 0.1) is 6.92 Å². The summed E-state index contributed by atoms with van der Waals surface area (Å²) in [6.07, 6.45) is 0. The zero-order valence-corrected chi connectivity index (χ0v) is 8.77. The standard InChI is InChI=1S/C8H8O2.C3H6O2/c1-6-4-2-3-5-7(6)8(9)10;1-2-5-3-4/h2-5H,1H3,(H,9,10);3H,2H2,1H3. The number of hydrogen-bond acceptors (Lipinski definition) is 3. The van der Waals surface area contributed by atoms with Gasteiger partial charge in [0.1, 0.15) is 0 Å². The predicted octanol–water partition coefficient (Wildman–Crippen LogP) is 1.87. The average molecular weight is 210 g/mol. The molecule has 82 valence electrons. The first-order valence-corrected chi connectivity index (χ1v) is 4.47. The quantitative estimate of drug-likeness (QED) is 0.773. The molecule has 0 fully saturated rings. The molecule has 0 spiro atoms. The van der Waals surface area contributed by atoms with Gasteiger partial charge in [0.2, 0.25) is 0 Å². The Labute approximate surface area is 88.5 Å². The van der Waals surface area contributed by atoms with Crippen LogP contribution in [0.2, 0.25) is 0 Å². The van der Waals surface area contributed by atoms with Gasteiger partial charge in [-0.15, -0.1) is 0 Å². The minimum atomic E-state index is -0.863. The first-order chi connectivity index (χ1) is 7.13. The van der Waals surface area contributed by atoms with E-state index in [1.807, 2.05) is 6.07 Å². The number of rotatable bonds is 3. The average Bonchev–Trinajstić information content (AvgIpc) is 2.20. The molecule has 1 aromatic carbocycles. The fraction of sp³-hybridized carbons (Fsp3) is 0.273. The molecule has 15 heavy (non-hydrogen) atoms. The number of benzene rings is 1. The molecule has 0 atom stereocenters. The molecule has 0 aliphatic rings. The van der Waals surface area contributed by atoms with Crippen molar-refractivity contribution in [3.05, 3.63) is 35.4 Å². The molecule has 0 aliphatic heterocycles. The highest BCUT2D eigenvalue weighted by Crippen LogP contribution is 2.05. The summed E-state index contributed by atoms with van der Waals surface area (Å²) in [5.41, 5.74) is 1.18. The highest BCUT2D eigenvalue weighted by Gasteiger charge is 2.02. The van der Waals surface area contributed by atoms with Gasteiger partial charge in [-0.3, -0.25) is 4.79 Å². The Bertz CT molecular complexity index is 320. The van der Waals surface area contributed by atoms with Crippen molar-refractivity contribution < 1.29 is 19.4 Å². The molecule has 0 heterocycles. The van der Waals surface area contributed by atoms with Gasteiger partial charge in [0.15, 0.2) is 0 Å². The van der Waals surface area contributed by atoms with Gasteiger partial charge in [0, 0.05) is 0 Å². The monoisotopic (exact) mass is 210 g/mol. The molecule has 1 N–H and O–H groups in total. The number of carboxylic acid groups (broad SMARTS) is 1. The lowest BCUT2D eigenvalue weighted by atomic mass is 10.1. The summed E-state index contributed by atoms with van der Waals surface area (Å²) in [5.74, 6) is -0.863. The Balaban J connectivity index is 0.000000336. The molecule has 0 saturated heterocycles. The van der Waals surface area contributed by atoms with Crippen LogP contribution in [-0.4, -0.2) is 24.2 Å². The molecule has 1 aromatic rings. The lowest BCUT2D eigenvalue weighted by Gasteiger charge is -1.96. The summed E-state index contributed by atoms with van der Waals surface area (Å²) < 4.78 is 4.15. The van der Waals surface area contributed by atoms with Gasteiger partial charge in [-0.1, -0.05) is 18.2 Å². The van der Waals surface area contributed by atoms with E-state index >= 15 is 0 Å². The lowest BCUT2D eigenvalue weighted by Crippen LogP contribution is -1.97. The number of aromatic carboxylic acids is 1. The fourth-order valence-electron chi connectivity index (χ4n) is 0.881. The topological polar surface area (TPSA) is 63.6 Å². The van der Waals surface area contributed by atoms with E-state index in [0.717, 1.165) is 5.56 Å². The predicted molar refractivity (Wildman–Crippen MR) is 55.8 cm³/mol. The van der Waals surface area contributed by atoms with Crippen molar-refractivity contribution in [2.24, 2.45) is 0 Å². The molecular weight excluding hydrogens is 196 g/mol. The van der Waals surface area contributed by atoms with Gasteiger partial charge >= 0.3 is 5.97 Å². The van der Waals surface area contributed by atoms with Crippen LogP contribution in [0.5, 0.6) is 0 Å². The Hall–Kier alpha value is -1.84. The molecule has 0 amide bonds. The van der Waals surface area contributed by atoms with Crippen LogP contribution < -0.4 is 0 Å². The molecule has 0 aliphatic carbocycles. The maximum absolute atomic E-state index is 10.4. The SMILES string of the molecule is CCOC=O.Cc1ccccc1C(=O)O. The zero-order chi connectivity index (χ0) is 11.7. The Morgan fingerprint density at radius 1 is 1.47 bits per heavy atom. The molecule has 0 saturated carbocycles. The molecule has 1 rings (SSSR count). The van der Waals surface area contributed by atoms with Crippen LogP contribution >= 0.6 is 0 Å². The van der Waals surface area contributed by atoms with Crippen LogP contribution in [0.4, 0.5) is 0 Å². The van der Waals surface area contributed by atoms with E-state index in [0.29, 0.717) is 18.6 Å². The largest absolute Gasteiger partial charge is 0.478 e. The zero-order valence-electron chi connectivity index (χ0n) is 8.77. The first-order valence-electron chi connectivity index (χ1n) is 4.47. The lowest BCUT2D eigenvalue weighted by molar-refractivity contribution is -0.128. The van der Waals surface area contributed by atoms with Crippen LogP contribution in [-0.2, 0) is 9.53 Å². The van der Waals surface area contributed by atoms with Gasteiger partial charge in [-0.2, -0.15) is 0 Å². The highest BCUT2D eigenvalue weighted by molar-refractivity contribution is 5.89. The molecule has 4 heteroatoms. The molecular formula is C11H14O4. The van der Waals surface area contributed by atoms with Gasteiger partial charge in [-0.25, -0.2) is 4.79 Å². The van der Waals surface area contributed by atoms with Crippen molar-refractivity contribution in [2.45, 2.75) is 13.8 Å². The van der Waals surface area contributed by atoms with Crippen LogP contribution in [0.1, 0.15) is 22.8 Å². The van der Waals surface area contributed by atoms with E-state index in [9.17, 15) is 9.59 Å². The minimum Gasteiger partial charge on any atom is -0.478 e. The van der Waals surface area contributed by atoms with E-state index in [4.69, 9.17) is 5.11 Å². The van der Waals surface area contributed by atoms with Crippen molar-refractivity contribution in [2.75, 3.05) is 6.61 Å². The fourth-order valence-corrected chi connectivity index (χ4v) is 0.881. The summed E-state index contributed by atoms with van der Waals surface area (Å²) in [6.45, 7) is 4.45. The molecule has 4 nitrogen and oxygen atoms in total. The van der Waals surface area contributed by atoms with Gasteiger partial charge in [0.25, 0.3) is 6.47 Å². The second kappa shape index (κ2) is 7.55. The summed E-state index contributed by atoms with van der Waals surface area (Å²) in [6, 6.07) is 6.92. The Morgan fingerprint density at radius 3 is 2.33 bits per heavy atom. The highest BCUT2D eigenvalue weighted by atomic mass is 16.5. The summed E-state index contributed by atoms with van der Waals surface area (Å²) in [5, 5.41) is 8.57.